The summed E-state index contributed by atoms with van der Waals surface area (Å²) in [6.45, 7) is 1.99. The predicted molar refractivity (Wildman–Crippen MR) is 111 cm³/mol. The van der Waals surface area contributed by atoms with Gasteiger partial charge in [-0.1, -0.05) is 18.2 Å². The fraction of sp³-hybridized carbons (Fsp3) is 0.130. The minimum Gasteiger partial charge on any atom is -0.497 e. The van der Waals surface area contributed by atoms with Gasteiger partial charge in [-0.25, -0.2) is 4.98 Å². The van der Waals surface area contributed by atoms with E-state index in [0.29, 0.717) is 5.69 Å². The van der Waals surface area contributed by atoms with Crippen molar-refractivity contribution >= 4 is 17.2 Å². The fourth-order valence-corrected chi connectivity index (χ4v) is 3.25. The van der Waals surface area contributed by atoms with Crippen LogP contribution in [0.15, 0.2) is 67.0 Å². The van der Waals surface area contributed by atoms with Crippen LogP contribution < -0.4 is 10.1 Å². The molecule has 0 aliphatic heterocycles. The summed E-state index contributed by atoms with van der Waals surface area (Å²) >= 11 is 0. The summed E-state index contributed by atoms with van der Waals surface area (Å²) in [4.78, 5) is 17.1. The summed E-state index contributed by atoms with van der Waals surface area (Å²) in [5.74, 6) is -0.832. The number of nitrogens with one attached hydrogen (secondary N) is 1. The SMILES string of the molecule is COc1ccc(C(=O)Nc2ccc(-c3cn4cc(C)ccc4n3)cc2)c(C(F)(F)F)c1. The second-order valence-corrected chi connectivity index (χ2v) is 7.04. The number of nitrogens with zero attached hydrogens (tertiary/aromatic N) is 2. The lowest BCUT2D eigenvalue weighted by molar-refractivity contribution is -0.138. The number of carbonyl (C=O) groups excluding carboxylic acids is 1. The number of fused-ring (bicyclic) bond motifs is 1. The smallest absolute Gasteiger partial charge is 0.417 e. The van der Waals surface area contributed by atoms with Crippen LogP contribution in [0, 0.1) is 6.92 Å². The minimum atomic E-state index is -4.69. The average molecular weight is 425 g/mol. The number of alkyl halides is 3. The van der Waals surface area contributed by atoms with Crippen LogP contribution in [0.25, 0.3) is 16.9 Å². The van der Waals surface area contributed by atoms with Crippen molar-refractivity contribution in [1.29, 1.82) is 0 Å². The van der Waals surface area contributed by atoms with E-state index in [1.54, 1.807) is 24.3 Å². The molecule has 1 N–H and O–H groups in total. The Bertz CT molecular complexity index is 1260. The van der Waals surface area contributed by atoms with Gasteiger partial charge in [0.2, 0.25) is 0 Å². The van der Waals surface area contributed by atoms with Gasteiger partial charge in [0.15, 0.2) is 0 Å². The zero-order chi connectivity index (χ0) is 22.2. The molecule has 2 aromatic heterocycles. The van der Waals surface area contributed by atoms with Crippen molar-refractivity contribution < 1.29 is 22.7 Å². The molecule has 0 atom stereocenters. The van der Waals surface area contributed by atoms with Crippen molar-refractivity contribution in [3.63, 3.8) is 0 Å². The van der Waals surface area contributed by atoms with Crippen LogP contribution >= 0.6 is 0 Å². The number of rotatable bonds is 4. The van der Waals surface area contributed by atoms with Crippen LogP contribution in [0.3, 0.4) is 0 Å². The number of pyridine rings is 1. The predicted octanol–water partition coefficient (Wildman–Crippen LogP) is 5.59. The van der Waals surface area contributed by atoms with Gasteiger partial charge in [0.1, 0.15) is 11.4 Å². The van der Waals surface area contributed by atoms with E-state index in [4.69, 9.17) is 4.74 Å². The van der Waals surface area contributed by atoms with Crippen molar-refractivity contribution in [3.8, 4) is 17.0 Å². The standard InChI is InChI=1S/C23H18F3N3O2/c1-14-3-10-21-28-20(13-29(21)12-14)15-4-6-16(7-5-15)27-22(30)18-9-8-17(31-2)11-19(18)23(24,25)26/h3-13H,1-2H3,(H,27,30). The normalized spacial score (nSPS) is 11.5. The molecule has 0 bridgehead atoms. The van der Waals surface area contributed by atoms with Crippen molar-refractivity contribution in [3.05, 3.63) is 83.7 Å². The third-order valence-electron chi connectivity index (χ3n) is 4.81. The van der Waals surface area contributed by atoms with Crippen molar-refractivity contribution in [2.45, 2.75) is 13.1 Å². The Morgan fingerprint density at radius 1 is 1.03 bits per heavy atom. The maximum Gasteiger partial charge on any atom is 0.417 e. The van der Waals surface area contributed by atoms with Crippen LogP contribution in [0.2, 0.25) is 0 Å². The first-order chi connectivity index (χ1) is 14.7. The van der Waals surface area contributed by atoms with Gasteiger partial charge in [0.05, 0.1) is 23.9 Å². The Morgan fingerprint density at radius 3 is 2.45 bits per heavy atom. The second-order valence-electron chi connectivity index (χ2n) is 7.04. The molecule has 4 rings (SSSR count). The Labute approximate surface area is 176 Å². The molecule has 2 aromatic carbocycles. The number of imidazole rings is 1. The number of anilines is 1. The molecule has 0 saturated carbocycles. The summed E-state index contributed by atoms with van der Waals surface area (Å²) < 4.78 is 46.9. The molecule has 1 amide bonds. The quantitative estimate of drug-likeness (QED) is 0.464. The first-order valence-corrected chi connectivity index (χ1v) is 9.37. The Hall–Kier alpha value is -3.81. The molecule has 0 spiro atoms. The van der Waals surface area contributed by atoms with Crippen molar-refractivity contribution in [2.75, 3.05) is 12.4 Å². The molecule has 158 valence electrons. The zero-order valence-electron chi connectivity index (χ0n) is 16.7. The zero-order valence-corrected chi connectivity index (χ0v) is 16.7. The van der Waals surface area contributed by atoms with Crippen molar-refractivity contribution in [1.82, 2.24) is 9.38 Å². The van der Waals surface area contributed by atoms with Gasteiger partial charge >= 0.3 is 6.18 Å². The number of aromatic nitrogens is 2. The van der Waals surface area contributed by atoms with E-state index in [2.05, 4.69) is 10.3 Å². The average Bonchev–Trinajstić information content (AvgIpc) is 3.16. The number of ether oxygens (including phenoxy) is 1. The molecule has 0 unspecified atom stereocenters. The van der Waals surface area contributed by atoms with E-state index in [1.807, 2.05) is 35.9 Å². The lowest BCUT2D eigenvalue weighted by atomic mass is 10.1. The minimum absolute atomic E-state index is 0.0240. The maximum absolute atomic E-state index is 13.4. The van der Waals surface area contributed by atoms with E-state index in [0.717, 1.165) is 34.6 Å². The molecule has 0 fully saturated rings. The monoisotopic (exact) mass is 425 g/mol. The first kappa shape index (κ1) is 20.5. The largest absolute Gasteiger partial charge is 0.497 e. The Balaban J connectivity index is 1.57. The number of halogens is 3. The maximum atomic E-state index is 13.4. The van der Waals surface area contributed by atoms with Crippen LogP contribution in [-0.2, 0) is 6.18 Å². The number of methoxy groups -OCH3 is 1. The molecule has 0 radical (unpaired) electrons. The summed E-state index contributed by atoms with van der Waals surface area (Å²) in [5, 5.41) is 2.52. The van der Waals surface area contributed by atoms with E-state index in [1.165, 1.54) is 13.2 Å². The highest BCUT2D eigenvalue weighted by atomic mass is 19.4. The summed E-state index contributed by atoms with van der Waals surface area (Å²) in [7, 11) is 1.26. The van der Waals surface area contributed by atoms with Gasteiger partial charge in [0.25, 0.3) is 5.91 Å². The van der Waals surface area contributed by atoms with Gasteiger partial charge in [-0.3, -0.25) is 4.79 Å². The van der Waals surface area contributed by atoms with Gasteiger partial charge < -0.3 is 14.5 Å². The van der Waals surface area contributed by atoms with Gasteiger partial charge in [-0.05, 0) is 48.9 Å². The lowest BCUT2D eigenvalue weighted by Gasteiger charge is -2.14. The topological polar surface area (TPSA) is 55.6 Å². The highest BCUT2D eigenvalue weighted by Gasteiger charge is 2.35. The van der Waals surface area contributed by atoms with E-state index in [-0.39, 0.29) is 5.75 Å². The number of hydrogen-bond donors (Lipinski definition) is 1. The second kappa shape index (κ2) is 7.79. The number of hydrogen-bond acceptors (Lipinski definition) is 3. The molecular formula is C23H18F3N3O2. The molecule has 0 saturated heterocycles. The molecule has 5 nitrogen and oxygen atoms in total. The molecular weight excluding hydrogens is 407 g/mol. The highest BCUT2D eigenvalue weighted by Crippen LogP contribution is 2.35. The summed E-state index contributed by atoms with van der Waals surface area (Å²) in [5.41, 5.74) is 2.31. The van der Waals surface area contributed by atoms with Crippen LogP contribution in [0.5, 0.6) is 5.75 Å². The number of carbonyl (C=O) groups is 1. The third kappa shape index (κ3) is 4.23. The van der Waals surface area contributed by atoms with Gasteiger partial charge in [-0.15, -0.1) is 0 Å². The van der Waals surface area contributed by atoms with E-state index in [9.17, 15) is 18.0 Å². The highest BCUT2D eigenvalue weighted by molar-refractivity contribution is 6.05. The number of benzene rings is 2. The van der Waals surface area contributed by atoms with Crippen LogP contribution in [0.1, 0.15) is 21.5 Å². The molecule has 0 aliphatic rings. The van der Waals surface area contributed by atoms with E-state index >= 15 is 0 Å². The molecule has 4 aromatic rings. The Kier molecular flexibility index (Phi) is 5.14. The third-order valence-corrected chi connectivity index (χ3v) is 4.81. The molecule has 0 aliphatic carbocycles. The van der Waals surface area contributed by atoms with Crippen LogP contribution in [0.4, 0.5) is 18.9 Å². The first-order valence-electron chi connectivity index (χ1n) is 9.37. The fourth-order valence-electron chi connectivity index (χ4n) is 3.25. The molecule has 31 heavy (non-hydrogen) atoms. The number of amides is 1. The summed E-state index contributed by atoms with van der Waals surface area (Å²) in [6, 6.07) is 13.9. The van der Waals surface area contributed by atoms with Gasteiger partial charge in [0, 0.05) is 23.6 Å². The number of aryl methyl sites for hydroxylation is 1. The Morgan fingerprint density at radius 2 is 1.77 bits per heavy atom. The van der Waals surface area contributed by atoms with Crippen LogP contribution in [-0.4, -0.2) is 22.4 Å². The molecule has 2 heterocycles. The van der Waals surface area contributed by atoms with Gasteiger partial charge in [-0.2, -0.15) is 13.2 Å². The van der Waals surface area contributed by atoms with E-state index < -0.39 is 23.2 Å². The summed E-state index contributed by atoms with van der Waals surface area (Å²) in [6.07, 6.45) is -0.830. The lowest BCUT2D eigenvalue weighted by Crippen LogP contribution is -2.18. The van der Waals surface area contributed by atoms with Crippen molar-refractivity contribution in [2.24, 2.45) is 0 Å². The molecule has 8 heteroatoms.